The lowest BCUT2D eigenvalue weighted by molar-refractivity contribution is -0.274. The summed E-state index contributed by atoms with van der Waals surface area (Å²) < 4.78 is 19.7. The lowest BCUT2D eigenvalue weighted by Gasteiger charge is -2.37. The second-order valence-corrected chi connectivity index (χ2v) is 21.7. The summed E-state index contributed by atoms with van der Waals surface area (Å²) in [5.74, 6) is -0.837. The molecule has 1 aromatic heterocycles. The van der Waals surface area contributed by atoms with E-state index >= 15 is 4.79 Å². The fourth-order valence-corrected chi connectivity index (χ4v) is 13.9. The average Bonchev–Trinajstić information content (AvgIpc) is 3.94. The maximum atomic E-state index is 15.3. The van der Waals surface area contributed by atoms with Gasteiger partial charge in [-0.3, -0.25) is 14.3 Å². The summed E-state index contributed by atoms with van der Waals surface area (Å²) in [4.78, 5) is 30.2. The number of aromatic nitrogens is 3. The van der Waals surface area contributed by atoms with Gasteiger partial charge >= 0.3 is 0 Å². The number of aliphatic hydroxyl groups is 5. The maximum Gasteiger partial charge on any atom is 0.264 e. The first-order valence-corrected chi connectivity index (χ1v) is 23.9. The smallest absolute Gasteiger partial charge is 0.264 e. The standard InChI is InChI=1S/C46H53N5O10Si/c1-27-42(62(3,4)32-19-17-31(59-2)18-20-32)37(21-22-50-25-35(48-49-50)33(26-52)29-12-6-5-7-13-29)61-46(27)34-15-8-9-16-36(34)51(45(46)58)24-28-11-10-14-30(23-28)47-43(56)41-39(54)38(53)40(55)44(57)60-41/h5-20,23,25,27,33,37-42,44,52-55,57H,21-22,24,26H2,1-4H3,(H,47,56)/t27-,33?,37+,38+,39+,40-,41+,42-,44-,46+/m1/s1. The van der Waals surface area contributed by atoms with E-state index in [1.165, 1.54) is 5.19 Å². The molecule has 10 atom stereocenters. The van der Waals surface area contributed by atoms with E-state index in [1.54, 1.807) is 34.9 Å². The first-order chi connectivity index (χ1) is 29.8. The quantitative estimate of drug-likeness (QED) is 0.0945. The van der Waals surface area contributed by atoms with Crippen molar-refractivity contribution in [2.45, 2.75) is 93.4 Å². The van der Waals surface area contributed by atoms with Crippen molar-refractivity contribution in [3.63, 3.8) is 0 Å². The minimum absolute atomic E-state index is 0.0283. The normalized spacial score (nSPS) is 27.6. The number of aryl methyl sites for hydroxylation is 1. The molecule has 0 saturated carbocycles. The maximum absolute atomic E-state index is 15.3. The highest BCUT2D eigenvalue weighted by Crippen LogP contribution is 2.60. The average molecular weight is 864 g/mol. The Hall–Kier alpha value is -5.30. The summed E-state index contributed by atoms with van der Waals surface area (Å²) in [5.41, 5.74) is 2.80. The highest BCUT2D eigenvalue weighted by molar-refractivity contribution is 6.91. The Balaban J connectivity index is 1.08. The van der Waals surface area contributed by atoms with Gasteiger partial charge in [-0.25, -0.2) is 0 Å². The van der Waals surface area contributed by atoms with Crippen molar-refractivity contribution >= 4 is 36.4 Å². The number of benzene rings is 4. The molecular formula is C46H53N5O10Si. The minimum atomic E-state index is -2.45. The Bertz CT molecular complexity index is 2380. The zero-order chi connectivity index (χ0) is 43.9. The number of carbonyl (C=O) groups is 2. The van der Waals surface area contributed by atoms with Gasteiger partial charge in [0, 0.05) is 29.9 Å². The number of nitrogens with zero attached hydrogens (tertiary/aromatic N) is 4. The van der Waals surface area contributed by atoms with E-state index in [1.807, 2.05) is 79.0 Å². The highest BCUT2D eigenvalue weighted by Gasteiger charge is 2.66. The summed E-state index contributed by atoms with van der Waals surface area (Å²) >= 11 is 0. The molecule has 1 unspecified atom stereocenters. The Morgan fingerprint density at radius 2 is 1.66 bits per heavy atom. The van der Waals surface area contributed by atoms with Crippen LogP contribution in [0.4, 0.5) is 11.4 Å². The number of methoxy groups -OCH3 is 1. The third-order valence-electron chi connectivity index (χ3n) is 13.1. The molecule has 0 radical (unpaired) electrons. The van der Waals surface area contributed by atoms with E-state index in [-0.39, 0.29) is 42.5 Å². The molecule has 2 saturated heterocycles. The Kier molecular flexibility index (Phi) is 12.2. The zero-order valence-electron chi connectivity index (χ0n) is 35.0. The van der Waals surface area contributed by atoms with E-state index in [2.05, 4.69) is 47.8 Å². The number of ether oxygens (including phenoxy) is 3. The molecule has 4 heterocycles. The third-order valence-corrected chi connectivity index (χ3v) is 17.4. The van der Waals surface area contributed by atoms with E-state index in [9.17, 15) is 30.3 Å². The number of rotatable bonds is 13. The van der Waals surface area contributed by atoms with E-state index < -0.39 is 50.3 Å². The number of anilines is 2. The number of nitrogens with one attached hydrogen (secondary N) is 1. The lowest BCUT2D eigenvalue weighted by Crippen LogP contribution is -2.60. The van der Waals surface area contributed by atoms with Gasteiger partial charge in [0.2, 0.25) is 0 Å². The molecule has 3 aliphatic heterocycles. The molecule has 16 heteroatoms. The van der Waals surface area contributed by atoms with Crippen molar-refractivity contribution < 1.29 is 49.3 Å². The molecule has 15 nitrogen and oxygen atoms in total. The summed E-state index contributed by atoms with van der Waals surface area (Å²) in [5, 5.41) is 63.5. The molecule has 6 N–H and O–H groups in total. The molecule has 2 fully saturated rings. The predicted molar refractivity (Wildman–Crippen MR) is 231 cm³/mol. The van der Waals surface area contributed by atoms with Crippen molar-refractivity contribution in [2.75, 3.05) is 23.9 Å². The largest absolute Gasteiger partial charge is 0.497 e. The molecule has 0 aliphatic carbocycles. The van der Waals surface area contributed by atoms with Crippen LogP contribution in [-0.4, -0.2) is 111 Å². The van der Waals surface area contributed by atoms with Crippen LogP contribution in [0.2, 0.25) is 18.6 Å². The van der Waals surface area contributed by atoms with Crippen molar-refractivity contribution in [1.29, 1.82) is 0 Å². The topological polar surface area (TPSA) is 209 Å². The molecule has 4 aromatic carbocycles. The van der Waals surface area contributed by atoms with Crippen LogP contribution < -0.4 is 20.1 Å². The van der Waals surface area contributed by atoms with E-state index in [4.69, 9.17) is 14.2 Å². The number of carbonyl (C=O) groups excluding carboxylic acids is 2. The number of fused-ring (bicyclic) bond motifs is 2. The van der Waals surface area contributed by atoms with Gasteiger partial charge in [0.1, 0.15) is 24.1 Å². The number of hydrogen-bond acceptors (Lipinski definition) is 12. The van der Waals surface area contributed by atoms with Gasteiger partial charge in [0.05, 0.1) is 51.7 Å². The van der Waals surface area contributed by atoms with Gasteiger partial charge in [-0.15, -0.1) is 5.10 Å². The number of aliphatic hydroxyl groups excluding tert-OH is 5. The van der Waals surface area contributed by atoms with Crippen molar-refractivity contribution in [3.8, 4) is 5.75 Å². The predicted octanol–water partition coefficient (Wildman–Crippen LogP) is 3.00. The second-order valence-electron chi connectivity index (χ2n) is 17.0. The molecule has 0 bridgehead atoms. The SMILES string of the molecule is COc1ccc([Si](C)(C)[C@H]2[C@H](CCn3cc(C(CO)c4ccccc4)nn3)O[C@@]3(C(=O)N(Cc4cccc(NC(=O)[C@H]5O[C@@H](O)[C@H](O)[C@@H](O)[C@@H]5O)c4)c4ccccc43)[C@@H]2C)cc1. The fraction of sp³-hybridized carbons (Fsp3) is 0.391. The molecule has 5 aromatic rings. The van der Waals surface area contributed by atoms with Crippen LogP contribution in [-0.2, 0) is 37.8 Å². The van der Waals surface area contributed by atoms with Crippen molar-refractivity contribution in [1.82, 2.24) is 15.0 Å². The monoisotopic (exact) mass is 863 g/mol. The molecule has 326 valence electrons. The zero-order valence-corrected chi connectivity index (χ0v) is 36.0. The molecule has 62 heavy (non-hydrogen) atoms. The number of hydrogen-bond donors (Lipinski definition) is 6. The van der Waals surface area contributed by atoms with Gasteiger partial charge in [0.15, 0.2) is 18.0 Å². The third kappa shape index (κ3) is 7.75. The van der Waals surface area contributed by atoms with Crippen LogP contribution in [0.15, 0.2) is 109 Å². The lowest BCUT2D eigenvalue weighted by atomic mass is 9.82. The molecule has 8 rings (SSSR count). The summed E-state index contributed by atoms with van der Waals surface area (Å²) in [6.45, 7) is 7.29. The van der Waals surface area contributed by atoms with Gasteiger partial charge in [-0.1, -0.05) is 103 Å². The molecule has 2 amide bonds. The number of amides is 2. The number of para-hydroxylation sites is 1. The van der Waals surface area contributed by atoms with Gasteiger partial charge < -0.3 is 50.0 Å². The van der Waals surface area contributed by atoms with Crippen LogP contribution in [0.25, 0.3) is 0 Å². The van der Waals surface area contributed by atoms with Gasteiger partial charge in [0.25, 0.3) is 11.8 Å². The minimum Gasteiger partial charge on any atom is -0.497 e. The Labute approximate surface area is 360 Å². The van der Waals surface area contributed by atoms with Crippen LogP contribution >= 0.6 is 0 Å². The highest BCUT2D eigenvalue weighted by atomic mass is 28.3. The first-order valence-electron chi connectivity index (χ1n) is 20.9. The summed E-state index contributed by atoms with van der Waals surface area (Å²) in [6.07, 6.45) is -6.80. The fourth-order valence-electron chi connectivity index (χ4n) is 9.81. The molecular weight excluding hydrogens is 811 g/mol. The van der Waals surface area contributed by atoms with Gasteiger partial charge in [-0.05, 0) is 53.4 Å². The molecule has 1 spiro atoms. The van der Waals surface area contributed by atoms with E-state index in [0.717, 1.165) is 22.6 Å². The van der Waals surface area contributed by atoms with E-state index in [0.29, 0.717) is 29.9 Å². The summed E-state index contributed by atoms with van der Waals surface area (Å²) in [7, 11) is -0.803. The Morgan fingerprint density at radius 1 is 0.935 bits per heavy atom. The van der Waals surface area contributed by atoms with Gasteiger partial charge in [-0.2, -0.15) is 0 Å². The van der Waals surface area contributed by atoms with Crippen LogP contribution in [0.3, 0.4) is 0 Å². The molecule has 3 aliphatic rings. The Morgan fingerprint density at radius 3 is 2.39 bits per heavy atom. The van der Waals surface area contributed by atoms with Crippen LogP contribution in [0.1, 0.15) is 41.6 Å². The van der Waals surface area contributed by atoms with Crippen LogP contribution in [0.5, 0.6) is 5.75 Å². The van der Waals surface area contributed by atoms with Crippen molar-refractivity contribution in [3.05, 3.63) is 132 Å². The van der Waals surface area contributed by atoms with Crippen molar-refractivity contribution in [2.24, 2.45) is 5.92 Å². The second kappa shape index (κ2) is 17.5. The van der Waals surface area contributed by atoms with Crippen LogP contribution in [0, 0.1) is 5.92 Å². The first kappa shape index (κ1) is 43.3. The summed E-state index contributed by atoms with van der Waals surface area (Å²) in [6, 6.07) is 32.5.